The lowest BCUT2D eigenvalue weighted by molar-refractivity contribution is -0.173. The van der Waals surface area contributed by atoms with Gasteiger partial charge in [-0.05, 0) is 19.1 Å². The van der Waals surface area contributed by atoms with E-state index in [9.17, 15) is 13.2 Å². The van der Waals surface area contributed by atoms with Crippen LogP contribution in [0.25, 0.3) is 0 Å². The molecule has 0 saturated carbocycles. The first-order chi connectivity index (χ1) is 9.90. The summed E-state index contributed by atoms with van der Waals surface area (Å²) in [5.41, 5.74) is 0.127. The Balaban J connectivity index is 2.05. The van der Waals surface area contributed by atoms with E-state index in [0.717, 1.165) is 14.4 Å². The summed E-state index contributed by atoms with van der Waals surface area (Å²) < 4.78 is 40.6. The zero-order valence-corrected chi connectivity index (χ0v) is 11.8. The van der Waals surface area contributed by atoms with Gasteiger partial charge in [-0.3, -0.25) is 0 Å². The number of hydrogen-bond acceptors (Lipinski definition) is 4. The van der Waals surface area contributed by atoms with E-state index < -0.39 is 18.3 Å². The molecule has 0 bridgehead atoms. The van der Waals surface area contributed by atoms with Gasteiger partial charge in [-0.1, -0.05) is 0 Å². The fourth-order valence-electron chi connectivity index (χ4n) is 2.47. The van der Waals surface area contributed by atoms with Gasteiger partial charge >= 0.3 is 6.18 Å². The smallest absolute Gasteiger partial charge is 0.361 e. The van der Waals surface area contributed by atoms with Crippen LogP contribution in [0.5, 0.6) is 0 Å². The number of fused-ring (bicyclic) bond motifs is 1. The van der Waals surface area contributed by atoms with Crippen molar-refractivity contribution in [1.29, 1.82) is 5.26 Å². The van der Waals surface area contributed by atoms with Gasteiger partial charge in [0.15, 0.2) is 6.04 Å². The van der Waals surface area contributed by atoms with Crippen LogP contribution in [0.4, 0.5) is 19.0 Å². The molecular formula is C13H11F3N4S. The van der Waals surface area contributed by atoms with E-state index in [1.165, 1.54) is 17.5 Å². The number of nitrogens with zero attached hydrogens (tertiary/aromatic N) is 3. The summed E-state index contributed by atoms with van der Waals surface area (Å²) >= 11 is 1.46. The molecule has 3 heterocycles. The first-order valence-corrected chi connectivity index (χ1v) is 7.09. The molecule has 4 nitrogen and oxygen atoms in total. The molecule has 1 N–H and O–H groups in total. The third kappa shape index (κ3) is 2.38. The van der Waals surface area contributed by atoms with Gasteiger partial charge in [-0.2, -0.15) is 23.5 Å². The number of hydrogen-bond donors (Lipinski definition) is 1. The number of nitriles is 1. The molecule has 1 aliphatic heterocycles. The third-order valence-electron chi connectivity index (χ3n) is 3.46. The average Bonchev–Trinajstić information content (AvgIpc) is 3.02. The number of aromatic nitrogens is 2. The van der Waals surface area contributed by atoms with Crippen LogP contribution in [0.15, 0.2) is 18.3 Å². The van der Waals surface area contributed by atoms with Gasteiger partial charge in [-0.25, -0.2) is 4.68 Å². The molecule has 0 spiro atoms. The number of rotatable bonds is 1. The van der Waals surface area contributed by atoms with Gasteiger partial charge in [0.2, 0.25) is 0 Å². The molecule has 0 amide bonds. The SMILES string of the molecule is Cc1ccc([C@H]2C[C@H](C(F)(F)F)n3ncc(C#N)c3N2)s1. The van der Waals surface area contributed by atoms with Crippen molar-refractivity contribution >= 4 is 17.2 Å². The lowest BCUT2D eigenvalue weighted by atomic mass is 10.0. The van der Waals surface area contributed by atoms with Crippen LogP contribution < -0.4 is 5.32 Å². The second-order valence-electron chi connectivity index (χ2n) is 4.90. The van der Waals surface area contributed by atoms with Crippen LogP contribution >= 0.6 is 11.3 Å². The molecule has 2 aromatic heterocycles. The van der Waals surface area contributed by atoms with Crippen molar-refractivity contribution in [1.82, 2.24) is 9.78 Å². The molecule has 110 valence electrons. The van der Waals surface area contributed by atoms with E-state index in [1.807, 2.05) is 25.1 Å². The molecule has 0 unspecified atom stereocenters. The first kappa shape index (κ1) is 13.9. The van der Waals surface area contributed by atoms with Gasteiger partial charge in [-0.15, -0.1) is 11.3 Å². The summed E-state index contributed by atoms with van der Waals surface area (Å²) in [6, 6.07) is 3.39. The highest BCUT2D eigenvalue weighted by atomic mass is 32.1. The average molecular weight is 312 g/mol. The number of thiophene rings is 1. The molecule has 8 heteroatoms. The van der Waals surface area contributed by atoms with E-state index >= 15 is 0 Å². The van der Waals surface area contributed by atoms with Crippen LogP contribution in [0.1, 0.15) is 33.8 Å². The minimum atomic E-state index is -4.40. The summed E-state index contributed by atoms with van der Waals surface area (Å²) in [6.07, 6.45) is -3.37. The summed E-state index contributed by atoms with van der Waals surface area (Å²) in [5.74, 6) is 0.141. The predicted molar refractivity (Wildman–Crippen MR) is 72.1 cm³/mol. The normalized spacial score (nSPS) is 21.5. The van der Waals surface area contributed by atoms with Gasteiger partial charge in [0, 0.05) is 16.2 Å². The zero-order chi connectivity index (χ0) is 15.2. The van der Waals surface area contributed by atoms with Crippen molar-refractivity contribution < 1.29 is 13.2 Å². The lowest BCUT2D eigenvalue weighted by Gasteiger charge is -2.33. The molecule has 21 heavy (non-hydrogen) atoms. The van der Waals surface area contributed by atoms with E-state index in [1.54, 1.807) is 0 Å². The second-order valence-corrected chi connectivity index (χ2v) is 6.22. The van der Waals surface area contributed by atoms with Crippen molar-refractivity contribution in [3.05, 3.63) is 33.6 Å². The predicted octanol–water partition coefficient (Wildman–Crippen LogP) is 3.79. The van der Waals surface area contributed by atoms with Crippen molar-refractivity contribution in [3.63, 3.8) is 0 Å². The highest BCUT2D eigenvalue weighted by Crippen LogP contribution is 2.45. The Labute approximate surface area is 122 Å². The molecule has 0 aliphatic carbocycles. The summed E-state index contributed by atoms with van der Waals surface area (Å²) in [7, 11) is 0. The largest absolute Gasteiger partial charge is 0.410 e. The Morgan fingerprint density at radius 2 is 2.24 bits per heavy atom. The van der Waals surface area contributed by atoms with Crippen LogP contribution in [-0.4, -0.2) is 16.0 Å². The molecule has 0 fully saturated rings. The maximum absolute atomic E-state index is 13.3. The molecule has 3 rings (SSSR count). The number of halogens is 3. The van der Waals surface area contributed by atoms with Gasteiger partial charge in [0.25, 0.3) is 0 Å². The lowest BCUT2D eigenvalue weighted by Crippen LogP contribution is -2.35. The molecule has 1 aliphatic rings. The Morgan fingerprint density at radius 3 is 2.81 bits per heavy atom. The molecule has 0 aromatic carbocycles. The molecule has 2 aromatic rings. The van der Waals surface area contributed by atoms with Gasteiger partial charge in [0.1, 0.15) is 17.5 Å². The molecule has 2 atom stereocenters. The maximum atomic E-state index is 13.3. The van der Waals surface area contributed by atoms with E-state index in [-0.39, 0.29) is 17.8 Å². The number of alkyl halides is 3. The third-order valence-corrected chi connectivity index (χ3v) is 4.58. The minimum Gasteiger partial charge on any atom is -0.361 e. The fourth-order valence-corrected chi connectivity index (χ4v) is 3.41. The molecule has 0 radical (unpaired) electrons. The highest BCUT2D eigenvalue weighted by molar-refractivity contribution is 7.12. The van der Waals surface area contributed by atoms with Crippen molar-refractivity contribution in [3.8, 4) is 6.07 Å². The van der Waals surface area contributed by atoms with Crippen LogP contribution in [-0.2, 0) is 0 Å². The second kappa shape index (κ2) is 4.77. The number of aryl methyl sites for hydroxylation is 1. The summed E-state index contributed by atoms with van der Waals surface area (Å²) in [4.78, 5) is 1.87. The summed E-state index contributed by atoms with van der Waals surface area (Å²) in [6.45, 7) is 1.91. The van der Waals surface area contributed by atoms with Crippen LogP contribution in [0.2, 0.25) is 0 Å². The molecular weight excluding hydrogens is 301 g/mol. The molecule has 0 saturated heterocycles. The number of anilines is 1. The van der Waals surface area contributed by atoms with Crippen LogP contribution in [0, 0.1) is 18.3 Å². The van der Waals surface area contributed by atoms with E-state index in [0.29, 0.717) is 0 Å². The standard InChI is InChI=1S/C13H11F3N4S/c1-7-2-3-10(21-7)9-4-11(13(14,15)16)20-12(19-9)8(5-17)6-18-20/h2-3,6,9,11,19H,4H2,1H3/t9-,11-/m1/s1. The van der Waals surface area contributed by atoms with Crippen molar-refractivity contribution in [2.45, 2.75) is 31.6 Å². The quantitative estimate of drug-likeness (QED) is 0.871. The Bertz CT molecular complexity index is 710. The Morgan fingerprint density at radius 1 is 1.48 bits per heavy atom. The highest BCUT2D eigenvalue weighted by Gasteiger charge is 2.47. The number of nitrogens with one attached hydrogen (secondary N) is 1. The zero-order valence-electron chi connectivity index (χ0n) is 11.0. The van der Waals surface area contributed by atoms with E-state index in [2.05, 4.69) is 10.4 Å². The maximum Gasteiger partial charge on any atom is 0.410 e. The van der Waals surface area contributed by atoms with Gasteiger partial charge < -0.3 is 5.32 Å². The first-order valence-electron chi connectivity index (χ1n) is 6.27. The Hall–Kier alpha value is -2.01. The van der Waals surface area contributed by atoms with Gasteiger partial charge in [0.05, 0.1) is 12.2 Å². The monoisotopic (exact) mass is 312 g/mol. The van der Waals surface area contributed by atoms with Crippen molar-refractivity contribution in [2.75, 3.05) is 5.32 Å². The topological polar surface area (TPSA) is 53.6 Å². The fraction of sp³-hybridized carbons (Fsp3) is 0.385. The van der Waals surface area contributed by atoms with E-state index in [4.69, 9.17) is 5.26 Å². The van der Waals surface area contributed by atoms with Crippen LogP contribution in [0.3, 0.4) is 0 Å². The minimum absolute atomic E-state index is 0.127. The van der Waals surface area contributed by atoms with Crippen molar-refractivity contribution in [2.24, 2.45) is 0 Å². The Kier molecular flexibility index (Phi) is 3.17. The summed E-state index contributed by atoms with van der Waals surface area (Å²) in [5, 5.41) is 15.8.